The third kappa shape index (κ3) is 3.25. The molecular weight excluding hydrogens is 359 g/mol. The molecule has 1 aliphatic carbocycles. The number of hydrogen-bond acceptors (Lipinski definition) is 4. The number of phenolic OH excluding ortho intramolecular Hbond substituents is 1. The van der Waals surface area contributed by atoms with E-state index >= 15 is 0 Å². The van der Waals surface area contributed by atoms with Crippen LogP contribution in [0.1, 0.15) is 36.4 Å². The molecule has 2 aromatic heterocycles. The Morgan fingerprint density at radius 1 is 1.19 bits per heavy atom. The minimum atomic E-state index is -4.53. The van der Waals surface area contributed by atoms with Crippen LogP contribution in [0, 0.1) is 6.92 Å². The number of halogens is 3. The summed E-state index contributed by atoms with van der Waals surface area (Å²) in [5.41, 5.74) is 0.463. The first-order chi connectivity index (χ1) is 12.7. The van der Waals surface area contributed by atoms with Gasteiger partial charge in [-0.25, -0.2) is 4.98 Å². The number of hydrogen-bond donors (Lipinski definition) is 2. The van der Waals surface area contributed by atoms with Crippen molar-refractivity contribution in [3.63, 3.8) is 0 Å². The maximum atomic E-state index is 12.9. The molecule has 1 aliphatic rings. The topological polar surface area (TPSA) is 71.2 Å². The van der Waals surface area contributed by atoms with Crippen molar-refractivity contribution in [2.45, 2.75) is 44.5 Å². The fraction of sp³-hybridized carbons (Fsp3) is 0.368. The summed E-state index contributed by atoms with van der Waals surface area (Å²) in [6.45, 7) is 1.51. The zero-order valence-electron chi connectivity index (χ0n) is 14.5. The zero-order chi connectivity index (χ0) is 19.3. The van der Waals surface area contributed by atoms with Crippen LogP contribution < -0.4 is 0 Å². The summed E-state index contributed by atoms with van der Waals surface area (Å²) in [7, 11) is 0. The monoisotopic (exact) mass is 377 g/mol. The summed E-state index contributed by atoms with van der Waals surface area (Å²) in [4.78, 5) is 4.43. The molecule has 0 spiro atoms. The average molecular weight is 377 g/mol. The first-order valence-corrected chi connectivity index (χ1v) is 8.67. The maximum Gasteiger partial charge on any atom is 0.416 e. The van der Waals surface area contributed by atoms with Crippen LogP contribution in [0.4, 0.5) is 13.2 Å². The molecule has 3 aromatic rings. The normalized spacial score (nSPS) is 20.5. The molecule has 0 radical (unpaired) electrons. The largest absolute Gasteiger partial charge is 0.507 e. The third-order valence-corrected chi connectivity index (χ3v) is 5.04. The molecular formula is C19H18F3N3O2. The Hall–Kier alpha value is -2.61. The van der Waals surface area contributed by atoms with Gasteiger partial charge in [-0.05, 0) is 56.0 Å². The first kappa shape index (κ1) is 17.8. The highest BCUT2D eigenvalue weighted by Crippen LogP contribution is 2.39. The third-order valence-electron chi connectivity index (χ3n) is 5.04. The van der Waals surface area contributed by atoms with Gasteiger partial charge in [-0.2, -0.15) is 18.3 Å². The summed E-state index contributed by atoms with van der Waals surface area (Å²) in [6, 6.07) is 5.27. The molecule has 1 aromatic carbocycles. The van der Waals surface area contributed by atoms with E-state index in [1.165, 1.54) is 6.92 Å². The number of fused-ring (bicyclic) bond motifs is 1. The Balaban J connectivity index is 1.74. The lowest BCUT2D eigenvalue weighted by atomic mass is 10.00. The fourth-order valence-electron chi connectivity index (χ4n) is 3.69. The SMILES string of the molecule is Cc1cc(C(F)(F)F)cc(O)c1-c1ccc2cn([C@@H]3CC[C@H](O)C3)nc2n1. The summed E-state index contributed by atoms with van der Waals surface area (Å²) < 4.78 is 40.5. The Morgan fingerprint density at radius 3 is 2.59 bits per heavy atom. The molecule has 8 heteroatoms. The molecule has 1 fully saturated rings. The number of aromatic nitrogens is 3. The van der Waals surface area contributed by atoms with Gasteiger partial charge in [0.2, 0.25) is 0 Å². The van der Waals surface area contributed by atoms with Crippen molar-refractivity contribution in [2.75, 3.05) is 0 Å². The number of pyridine rings is 1. The van der Waals surface area contributed by atoms with Crippen LogP contribution in [0.25, 0.3) is 22.3 Å². The number of alkyl halides is 3. The highest BCUT2D eigenvalue weighted by Gasteiger charge is 2.32. The van der Waals surface area contributed by atoms with Crippen LogP contribution in [0.3, 0.4) is 0 Å². The quantitative estimate of drug-likeness (QED) is 0.702. The summed E-state index contributed by atoms with van der Waals surface area (Å²) in [6.07, 6.45) is -0.784. The van der Waals surface area contributed by atoms with Gasteiger partial charge < -0.3 is 10.2 Å². The highest BCUT2D eigenvalue weighted by atomic mass is 19.4. The van der Waals surface area contributed by atoms with Gasteiger partial charge in [-0.3, -0.25) is 4.68 Å². The minimum absolute atomic E-state index is 0.110. The van der Waals surface area contributed by atoms with Gasteiger partial charge in [0.15, 0.2) is 5.65 Å². The molecule has 0 amide bonds. The molecule has 0 unspecified atom stereocenters. The summed E-state index contributed by atoms with van der Waals surface area (Å²) in [5, 5.41) is 25.1. The predicted molar refractivity (Wildman–Crippen MR) is 93.3 cm³/mol. The predicted octanol–water partition coefficient (Wildman–Crippen LogP) is 4.22. The lowest BCUT2D eigenvalue weighted by molar-refractivity contribution is -0.137. The number of aryl methyl sites for hydroxylation is 1. The van der Waals surface area contributed by atoms with Crippen LogP contribution in [-0.4, -0.2) is 31.1 Å². The van der Waals surface area contributed by atoms with Gasteiger partial charge >= 0.3 is 6.18 Å². The van der Waals surface area contributed by atoms with Gasteiger partial charge in [0, 0.05) is 17.1 Å². The van der Waals surface area contributed by atoms with Gasteiger partial charge in [0.1, 0.15) is 5.75 Å². The van der Waals surface area contributed by atoms with Crippen molar-refractivity contribution < 1.29 is 23.4 Å². The number of phenols is 1. The van der Waals surface area contributed by atoms with Gasteiger partial charge in [-0.1, -0.05) is 0 Å². The number of aromatic hydroxyl groups is 1. The molecule has 142 valence electrons. The van der Waals surface area contributed by atoms with Crippen molar-refractivity contribution in [1.29, 1.82) is 0 Å². The Labute approximate surface area is 153 Å². The molecule has 2 atom stereocenters. The van der Waals surface area contributed by atoms with Crippen molar-refractivity contribution >= 4 is 11.0 Å². The van der Waals surface area contributed by atoms with E-state index in [0.29, 0.717) is 23.8 Å². The smallest absolute Gasteiger partial charge is 0.416 e. The average Bonchev–Trinajstić information content (AvgIpc) is 3.18. The zero-order valence-corrected chi connectivity index (χ0v) is 14.5. The van der Waals surface area contributed by atoms with Gasteiger partial charge in [-0.15, -0.1) is 0 Å². The van der Waals surface area contributed by atoms with E-state index in [0.717, 1.165) is 24.3 Å². The van der Waals surface area contributed by atoms with Crippen molar-refractivity contribution in [1.82, 2.24) is 14.8 Å². The van der Waals surface area contributed by atoms with E-state index in [9.17, 15) is 23.4 Å². The second kappa shape index (κ2) is 6.23. The van der Waals surface area contributed by atoms with Crippen LogP contribution in [0.2, 0.25) is 0 Å². The molecule has 4 rings (SSSR count). The molecule has 0 saturated heterocycles. The second-order valence-corrected chi connectivity index (χ2v) is 7.02. The fourth-order valence-corrected chi connectivity index (χ4v) is 3.69. The number of nitrogens with zero attached hydrogens (tertiary/aromatic N) is 3. The lowest BCUT2D eigenvalue weighted by Gasteiger charge is -2.13. The van der Waals surface area contributed by atoms with Crippen molar-refractivity contribution in [3.05, 3.63) is 41.6 Å². The molecule has 5 nitrogen and oxygen atoms in total. The maximum absolute atomic E-state index is 12.9. The molecule has 1 saturated carbocycles. The van der Waals surface area contributed by atoms with Gasteiger partial charge in [0.05, 0.1) is 23.4 Å². The summed E-state index contributed by atoms with van der Waals surface area (Å²) >= 11 is 0. The molecule has 27 heavy (non-hydrogen) atoms. The molecule has 2 heterocycles. The number of aliphatic hydroxyl groups excluding tert-OH is 1. The summed E-state index contributed by atoms with van der Waals surface area (Å²) in [5.74, 6) is -0.465. The molecule has 2 N–H and O–H groups in total. The van der Waals surface area contributed by atoms with E-state index in [1.54, 1.807) is 16.8 Å². The highest BCUT2D eigenvalue weighted by molar-refractivity contribution is 5.80. The molecule has 0 aliphatic heterocycles. The second-order valence-electron chi connectivity index (χ2n) is 7.02. The van der Waals surface area contributed by atoms with E-state index in [1.807, 2.05) is 6.20 Å². The van der Waals surface area contributed by atoms with E-state index in [4.69, 9.17) is 0 Å². The van der Waals surface area contributed by atoms with Crippen LogP contribution in [0.5, 0.6) is 5.75 Å². The molecule has 0 bridgehead atoms. The van der Waals surface area contributed by atoms with Crippen LogP contribution in [0.15, 0.2) is 30.5 Å². The standard InChI is InChI=1S/C19H18F3N3O2/c1-10-6-12(19(20,21)22)7-16(27)17(10)15-5-2-11-9-25(24-18(11)23-15)13-3-4-14(26)8-13/h2,5-7,9,13-14,26-27H,3-4,8H2,1H3/t13-,14+/m1/s1. The van der Waals surface area contributed by atoms with Gasteiger partial charge in [0.25, 0.3) is 0 Å². The Kier molecular flexibility index (Phi) is 4.10. The van der Waals surface area contributed by atoms with Crippen LogP contribution in [-0.2, 0) is 6.18 Å². The lowest BCUT2D eigenvalue weighted by Crippen LogP contribution is -2.07. The number of benzene rings is 1. The number of aliphatic hydroxyl groups is 1. The Morgan fingerprint density at radius 2 is 1.96 bits per heavy atom. The van der Waals surface area contributed by atoms with Crippen LogP contribution >= 0.6 is 0 Å². The Bertz CT molecular complexity index is 990. The van der Waals surface area contributed by atoms with E-state index in [2.05, 4.69) is 10.1 Å². The van der Waals surface area contributed by atoms with Crippen molar-refractivity contribution in [2.24, 2.45) is 0 Å². The minimum Gasteiger partial charge on any atom is -0.507 e. The van der Waals surface area contributed by atoms with Crippen molar-refractivity contribution in [3.8, 4) is 17.0 Å². The first-order valence-electron chi connectivity index (χ1n) is 8.67. The number of rotatable bonds is 2. The van der Waals surface area contributed by atoms with E-state index in [-0.39, 0.29) is 23.3 Å². The van der Waals surface area contributed by atoms with E-state index < -0.39 is 17.5 Å².